The molecular weight excluding hydrogens is 376 g/mol. The van der Waals surface area contributed by atoms with Gasteiger partial charge in [-0.15, -0.1) is 0 Å². The van der Waals surface area contributed by atoms with Gasteiger partial charge in [0.2, 0.25) is 5.95 Å². The molecule has 0 fully saturated rings. The molecule has 3 aromatic rings. The lowest BCUT2D eigenvalue weighted by Crippen LogP contribution is -2.05. The van der Waals surface area contributed by atoms with Crippen molar-refractivity contribution >= 4 is 17.5 Å². The maximum absolute atomic E-state index is 10.7. The highest BCUT2D eigenvalue weighted by atomic mass is 16.6. The van der Waals surface area contributed by atoms with Gasteiger partial charge in [-0.05, 0) is 30.3 Å². The van der Waals surface area contributed by atoms with Crippen molar-refractivity contribution < 1.29 is 14.4 Å². The number of non-ortho nitro benzene ring substituents is 1. The third-order valence-electron chi connectivity index (χ3n) is 4.06. The molecule has 29 heavy (non-hydrogen) atoms. The van der Waals surface area contributed by atoms with E-state index in [0.717, 1.165) is 0 Å². The first kappa shape index (κ1) is 19.4. The number of hydrogen-bond donors (Lipinski definition) is 2. The lowest BCUT2D eigenvalue weighted by Gasteiger charge is -2.13. The molecule has 0 spiro atoms. The average molecular weight is 392 g/mol. The highest BCUT2D eigenvalue weighted by Gasteiger charge is 2.15. The Morgan fingerprint density at radius 2 is 1.90 bits per heavy atom. The van der Waals surface area contributed by atoms with Crippen molar-refractivity contribution in [3.63, 3.8) is 0 Å². The van der Waals surface area contributed by atoms with E-state index >= 15 is 0 Å². The molecule has 146 valence electrons. The van der Waals surface area contributed by atoms with E-state index in [0.29, 0.717) is 28.3 Å². The van der Waals surface area contributed by atoms with Crippen molar-refractivity contribution in [3.05, 3.63) is 63.7 Å². The van der Waals surface area contributed by atoms with Crippen LogP contribution in [0.15, 0.2) is 42.5 Å². The zero-order valence-corrected chi connectivity index (χ0v) is 15.3. The van der Waals surface area contributed by atoms with Gasteiger partial charge >= 0.3 is 0 Å². The van der Waals surface area contributed by atoms with Crippen molar-refractivity contribution in [1.82, 2.24) is 9.97 Å². The van der Waals surface area contributed by atoms with E-state index in [1.54, 1.807) is 18.2 Å². The van der Waals surface area contributed by atoms with Gasteiger partial charge in [0.05, 0.1) is 17.7 Å². The Morgan fingerprint density at radius 1 is 1.17 bits per heavy atom. The second-order valence-corrected chi connectivity index (χ2v) is 5.87. The molecule has 0 saturated heterocycles. The number of nitrogens with two attached hydrogens (primary N) is 2. The summed E-state index contributed by atoms with van der Waals surface area (Å²) in [5, 5.41) is 20.1. The number of benzene rings is 2. The number of nitro groups is 1. The number of nitro benzene ring substituents is 1. The van der Waals surface area contributed by atoms with Gasteiger partial charge < -0.3 is 20.9 Å². The topological polar surface area (TPSA) is 163 Å². The molecule has 4 N–H and O–H groups in total. The van der Waals surface area contributed by atoms with Crippen LogP contribution in [0.2, 0.25) is 0 Å². The summed E-state index contributed by atoms with van der Waals surface area (Å²) in [6.45, 7) is 0.118. The highest BCUT2D eigenvalue weighted by molar-refractivity contribution is 5.74. The van der Waals surface area contributed by atoms with Gasteiger partial charge in [0.25, 0.3) is 5.69 Å². The molecule has 0 aliphatic rings. The molecule has 0 aliphatic carbocycles. The van der Waals surface area contributed by atoms with E-state index in [1.807, 2.05) is 6.07 Å². The number of aromatic nitrogens is 2. The van der Waals surface area contributed by atoms with Crippen LogP contribution in [0.3, 0.4) is 0 Å². The number of ether oxygens (including phenoxy) is 2. The predicted molar refractivity (Wildman–Crippen MR) is 105 cm³/mol. The van der Waals surface area contributed by atoms with Crippen LogP contribution in [-0.2, 0) is 6.61 Å². The summed E-state index contributed by atoms with van der Waals surface area (Å²) in [4.78, 5) is 18.2. The predicted octanol–water partition coefficient (Wildman–Crippen LogP) is 2.68. The van der Waals surface area contributed by atoms with Crippen LogP contribution in [-0.4, -0.2) is 22.0 Å². The first-order chi connectivity index (χ1) is 13.9. The lowest BCUT2D eigenvalue weighted by atomic mass is 10.0. The van der Waals surface area contributed by atoms with E-state index in [-0.39, 0.29) is 29.6 Å². The molecule has 0 amide bonds. The number of methoxy groups -OCH3 is 1. The van der Waals surface area contributed by atoms with Crippen LogP contribution in [0.25, 0.3) is 11.3 Å². The molecule has 0 aliphatic heterocycles. The van der Waals surface area contributed by atoms with Crippen LogP contribution >= 0.6 is 0 Å². The third kappa shape index (κ3) is 4.14. The Balaban J connectivity index is 1.92. The van der Waals surface area contributed by atoms with Gasteiger partial charge in [0.1, 0.15) is 35.6 Å². The highest BCUT2D eigenvalue weighted by Crippen LogP contribution is 2.30. The van der Waals surface area contributed by atoms with Crippen LogP contribution in [0, 0.1) is 21.4 Å². The zero-order valence-electron chi connectivity index (χ0n) is 15.3. The van der Waals surface area contributed by atoms with Gasteiger partial charge in [0.15, 0.2) is 0 Å². The van der Waals surface area contributed by atoms with Gasteiger partial charge in [-0.2, -0.15) is 10.2 Å². The van der Waals surface area contributed by atoms with E-state index < -0.39 is 4.92 Å². The monoisotopic (exact) mass is 392 g/mol. The van der Waals surface area contributed by atoms with E-state index in [4.69, 9.17) is 20.9 Å². The largest absolute Gasteiger partial charge is 0.496 e. The minimum atomic E-state index is -0.484. The molecule has 10 heteroatoms. The van der Waals surface area contributed by atoms with Crippen LogP contribution in [0.1, 0.15) is 11.1 Å². The Labute approximate surface area is 165 Å². The number of hydrogen-bond acceptors (Lipinski definition) is 9. The molecule has 0 unspecified atom stereocenters. The van der Waals surface area contributed by atoms with Crippen molar-refractivity contribution in [2.45, 2.75) is 6.61 Å². The normalized spacial score (nSPS) is 10.2. The quantitative estimate of drug-likeness (QED) is 0.474. The average Bonchev–Trinajstić information content (AvgIpc) is 2.71. The Hall–Kier alpha value is -4.39. The minimum absolute atomic E-state index is 0.00509. The second kappa shape index (κ2) is 8.10. The zero-order chi connectivity index (χ0) is 21.0. The molecule has 0 bridgehead atoms. The summed E-state index contributed by atoms with van der Waals surface area (Å²) in [6, 6.07) is 12.9. The molecule has 10 nitrogen and oxygen atoms in total. The van der Waals surface area contributed by atoms with Gasteiger partial charge in [-0.3, -0.25) is 10.1 Å². The summed E-state index contributed by atoms with van der Waals surface area (Å²) in [5.41, 5.74) is 13.1. The molecule has 0 radical (unpaired) electrons. The minimum Gasteiger partial charge on any atom is -0.496 e. The number of nitrogens with zero attached hydrogens (tertiary/aromatic N) is 4. The molecule has 2 aromatic carbocycles. The molecule has 3 rings (SSSR count). The standard InChI is InChI=1S/C19H16N6O4/c1-28-16-7-2-11(17-15(9-20)18(21)24-19(22)23-17)8-12(16)10-29-14-5-3-13(4-6-14)25(26)27/h2-8H,10H2,1H3,(H4,21,22,23,24). The molecule has 1 aromatic heterocycles. The maximum Gasteiger partial charge on any atom is 0.269 e. The smallest absolute Gasteiger partial charge is 0.269 e. The van der Waals surface area contributed by atoms with Gasteiger partial charge in [0, 0.05) is 23.3 Å². The van der Waals surface area contributed by atoms with Crippen LogP contribution in [0.4, 0.5) is 17.5 Å². The Bertz CT molecular complexity index is 1110. The molecule has 1 heterocycles. The fourth-order valence-corrected chi connectivity index (χ4v) is 2.68. The fraction of sp³-hybridized carbons (Fsp3) is 0.105. The molecule has 0 atom stereocenters. The maximum atomic E-state index is 10.7. The van der Waals surface area contributed by atoms with Crippen molar-refractivity contribution in [2.24, 2.45) is 0 Å². The Kier molecular flexibility index (Phi) is 5.41. The summed E-state index contributed by atoms with van der Waals surface area (Å²) in [6.07, 6.45) is 0. The summed E-state index contributed by atoms with van der Waals surface area (Å²) < 4.78 is 11.1. The van der Waals surface area contributed by atoms with Crippen molar-refractivity contribution in [3.8, 4) is 28.8 Å². The van der Waals surface area contributed by atoms with E-state index in [9.17, 15) is 15.4 Å². The first-order valence-electron chi connectivity index (χ1n) is 8.30. The van der Waals surface area contributed by atoms with Crippen molar-refractivity contribution in [2.75, 3.05) is 18.6 Å². The molecule has 0 saturated carbocycles. The SMILES string of the molecule is COc1ccc(-c2nc(N)nc(N)c2C#N)cc1COc1ccc([N+](=O)[O-])cc1. The van der Waals surface area contributed by atoms with E-state index in [2.05, 4.69) is 9.97 Å². The van der Waals surface area contributed by atoms with E-state index in [1.165, 1.54) is 31.4 Å². The second-order valence-electron chi connectivity index (χ2n) is 5.87. The number of nitrogen functional groups attached to an aromatic ring is 2. The lowest BCUT2D eigenvalue weighted by molar-refractivity contribution is -0.384. The summed E-state index contributed by atoms with van der Waals surface area (Å²) >= 11 is 0. The fourth-order valence-electron chi connectivity index (χ4n) is 2.68. The van der Waals surface area contributed by atoms with Gasteiger partial charge in [-0.1, -0.05) is 0 Å². The number of anilines is 2. The third-order valence-corrected chi connectivity index (χ3v) is 4.06. The number of nitriles is 1. The van der Waals surface area contributed by atoms with Crippen LogP contribution < -0.4 is 20.9 Å². The Morgan fingerprint density at radius 3 is 2.52 bits per heavy atom. The summed E-state index contributed by atoms with van der Waals surface area (Å²) in [7, 11) is 1.52. The van der Waals surface area contributed by atoms with Gasteiger partial charge in [-0.25, -0.2) is 4.98 Å². The number of rotatable bonds is 6. The summed E-state index contributed by atoms with van der Waals surface area (Å²) in [5.74, 6) is 0.964. The van der Waals surface area contributed by atoms with Crippen molar-refractivity contribution in [1.29, 1.82) is 5.26 Å². The first-order valence-corrected chi connectivity index (χ1v) is 8.30. The molecular formula is C19H16N6O4. The van der Waals surface area contributed by atoms with Crippen LogP contribution in [0.5, 0.6) is 11.5 Å².